The number of Topliss-reactive ketones (excluding diaryl/α,β-unsaturated/α-hetero) is 1. The van der Waals surface area contributed by atoms with Gasteiger partial charge >= 0.3 is 0 Å². The third kappa shape index (κ3) is 2.35. The topological polar surface area (TPSA) is 26.3 Å². The number of halogens is 2. The van der Waals surface area contributed by atoms with Gasteiger partial charge in [0.05, 0.1) is 12.2 Å². The summed E-state index contributed by atoms with van der Waals surface area (Å²) >= 11 is 5.71. The summed E-state index contributed by atoms with van der Waals surface area (Å²) in [5.74, 6) is -0.986. The molecule has 0 amide bonds. The van der Waals surface area contributed by atoms with Crippen LogP contribution in [-0.4, -0.2) is 12.4 Å². The molecule has 2 aromatic rings. The van der Waals surface area contributed by atoms with Gasteiger partial charge in [-0.3, -0.25) is 4.79 Å². The Morgan fingerprint density at radius 2 is 2.05 bits per heavy atom. The zero-order valence-electron chi connectivity index (χ0n) is 10.6. The average Bonchev–Trinajstić information content (AvgIpc) is 2.46. The Kier molecular flexibility index (Phi) is 3.55. The normalized spacial score (nSPS) is 17.6. The monoisotopic (exact) mass is 290 g/mol. The van der Waals surface area contributed by atoms with Crippen LogP contribution in [0, 0.1) is 5.82 Å². The van der Waals surface area contributed by atoms with Crippen LogP contribution in [0.3, 0.4) is 0 Å². The number of ketones is 1. The maximum absolute atomic E-state index is 13.9. The largest absolute Gasteiger partial charge is 0.365 e. The minimum atomic E-state index is -0.740. The lowest BCUT2D eigenvalue weighted by Gasteiger charge is -2.25. The van der Waals surface area contributed by atoms with Crippen LogP contribution in [0.5, 0.6) is 0 Å². The lowest BCUT2D eigenvalue weighted by Crippen LogP contribution is -2.24. The summed E-state index contributed by atoms with van der Waals surface area (Å²) in [4.78, 5) is 12.5. The van der Waals surface area contributed by atoms with Crippen LogP contribution in [0.1, 0.15) is 27.6 Å². The highest BCUT2D eigenvalue weighted by atomic mass is 35.5. The summed E-state index contributed by atoms with van der Waals surface area (Å²) in [6.07, 6.45) is 0.0268. The molecule has 1 heterocycles. The Morgan fingerprint density at radius 1 is 1.25 bits per heavy atom. The second-order valence-corrected chi connectivity index (χ2v) is 5.12. The molecular weight excluding hydrogens is 279 g/mol. The lowest BCUT2D eigenvalue weighted by atomic mass is 9.92. The van der Waals surface area contributed by atoms with E-state index in [9.17, 15) is 9.18 Å². The molecule has 1 aliphatic rings. The molecule has 0 bridgehead atoms. The van der Waals surface area contributed by atoms with Crippen LogP contribution in [0.2, 0.25) is 5.02 Å². The average molecular weight is 291 g/mol. The van der Waals surface area contributed by atoms with E-state index < -0.39 is 11.9 Å². The highest BCUT2D eigenvalue weighted by Gasteiger charge is 2.29. The molecule has 0 saturated carbocycles. The zero-order valence-corrected chi connectivity index (χ0v) is 11.4. The van der Waals surface area contributed by atoms with Gasteiger partial charge < -0.3 is 4.74 Å². The summed E-state index contributed by atoms with van der Waals surface area (Å²) in [6, 6.07) is 11.7. The number of hydrogen-bond acceptors (Lipinski definition) is 2. The van der Waals surface area contributed by atoms with Crippen molar-refractivity contribution in [1.82, 2.24) is 0 Å². The predicted octanol–water partition coefficient (Wildman–Crippen LogP) is 3.98. The summed E-state index contributed by atoms with van der Waals surface area (Å²) in [6.45, 7) is 0.461. The van der Waals surface area contributed by atoms with Gasteiger partial charge in [0.15, 0.2) is 5.78 Å². The van der Waals surface area contributed by atoms with Crippen molar-refractivity contribution in [3.63, 3.8) is 0 Å². The van der Waals surface area contributed by atoms with Gasteiger partial charge in [0, 0.05) is 5.02 Å². The minimum Gasteiger partial charge on any atom is -0.365 e. The fourth-order valence-corrected chi connectivity index (χ4v) is 2.60. The first-order valence-electron chi connectivity index (χ1n) is 6.35. The van der Waals surface area contributed by atoms with E-state index in [1.54, 1.807) is 0 Å². The molecule has 1 aliphatic heterocycles. The Labute approximate surface area is 121 Å². The van der Waals surface area contributed by atoms with Gasteiger partial charge in [-0.15, -0.1) is 0 Å². The van der Waals surface area contributed by atoms with Crippen molar-refractivity contribution in [3.8, 4) is 0 Å². The van der Waals surface area contributed by atoms with Gasteiger partial charge in [-0.25, -0.2) is 4.39 Å². The fourth-order valence-electron chi connectivity index (χ4n) is 2.44. The molecule has 1 unspecified atom stereocenters. The summed E-state index contributed by atoms with van der Waals surface area (Å²) < 4.78 is 19.4. The summed E-state index contributed by atoms with van der Waals surface area (Å²) in [7, 11) is 0. The molecule has 0 N–H and O–H groups in total. The Balaban J connectivity index is 2.00. The molecule has 0 radical (unpaired) electrons. The Bertz CT molecular complexity index is 669. The Morgan fingerprint density at radius 3 is 2.85 bits per heavy atom. The van der Waals surface area contributed by atoms with Crippen LogP contribution < -0.4 is 0 Å². The van der Waals surface area contributed by atoms with E-state index in [1.165, 1.54) is 12.1 Å². The van der Waals surface area contributed by atoms with Gasteiger partial charge in [0.1, 0.15) is 11.9 Å². The molecule has 4 heteroatoms. The van der Waals surface area contributed by atoms with Gasteiger partial charge in [-0.05, 0) is 35.7 Å². The first kappa shape index (κ1) is 13.3. The van der Waals surface area contributed by atoms with Crippen LogP contribution >= 0.6 is 11.6 Å². The summed E-state index contributed by atoms with van der Waals surface area (Å²) in [5, 5.41) is 0.268. The number of ether oxygens (including phenoxy) is 1. The molecule has 0 saturated heterocycles. The van der Waals surface area contributed by atoms with Crippen molar-refractivity contribution < 1.29 is 13.9 Å². The van der Waals surface area contributed by atoms with E-state index in [4.69, 9.17) is 16.3 Å². The van der Waals surface area contributed by atoms with E-state index in [0.717, 1.165) is 23.6 Å². The third-order valence-corrected chi connectivity index (χ3v) is 3.66. The van der Waals surface area contributed by atoms with Crippen molar-refractivity contribution in [3.05, 3.63) is 70.0 Å². The van der Waals surface area contributed by atoms with Crippen molar-refractivity contribution >= 4 is 17.4 Å². The second-order valence-electron chi connectivity index (χ2n) is 4.69. The molecular formula is C16H12ClFO2. The van der Waals surface area contributed by atoms with Crippen LogP contribution in [-0.2, 0) is 11.2 Å². The zero-order chi connectivity index (χ0) is 14.1. The molecule has 3 rings (SSSR count). The number of carbonyl (C=O) groups is 1. The number of benzene rings is 2. The number of rotatable bonds is 2. The minimum absolute atomic E-state index is 0.0103. The summed E-state index contributed by atoms with van der Waals surface area (Å²) in [5.41, 5.74) is 1.90. The van der Waals surface area contributed by atoms with Gasteiger partial charge in [0.25, 0.3) is 0 Å². The molecule has 0 aliphatic carbocycles. The number of hydrogen-bond donors (Lipinski definition) is 0. The van der Waals surface area contributed by atoms with Crippen molar-refractivity contribution in [2.75, 3.05) is 6.61 Å². The van der Waals surface area contributed by atoms with Gasteiger partial charge in [0.2, 0.25) is 0 Å². The van der Waals surface area contributed by atoms with Crippen molar-refractivity contribution in [2.24, 2.45) is 0 Å². The van der Waals surface area contributed by atoms with Gasteiger partial charge in [-0.2, -0.15) is 0 Å². The number of fused-ring (bicyclic) bond motifs is 1. The first-order valence-corrected chi connectivity index (χ1v) is 6.73. The maximum atomic E-state index is 13.9. The van der Waals surface area contributed by atoms with Crippen molar-refractivity contribution in [2.45, 2.75) is 12.5 Å². The third-order valence-electron chi connectivity index (χ3n) is 3.43. The molecule has 2 nitrogen and oxygen atoms in total. The second kappa shape index (κ2) is 5.35. The van der Waals surface area contributed by atoms with E-state index in [2.05, 4.69) is 0 Å². The quantitative estimate of drug-likeness (QED) is 0.782. The molecule has 2 aromatic carbocycles. The molecule has 1 atom stereocenters. The van der Waals surface area contributed by atoms with E-state index >= 15 is 0 Å². The van der Waals surface area contributed by atoms with E-state index in [-0.39, 0.29) is 16.4 Å². The van der Waals surface area contributed by atoms with Gasteiger partial charge in [-0.1, -0.05) is 35.9 Å². The smallest absolute Gasteiger partial charge is 0.199 e. The SMILES string of the molecule is O=C(c1ccc(Cl)cc1F)C1OCCc2ccccc21. The molecule has 0 spiro atoms. The van der Waals surface area contributed by atoms with Crippen LogP contribution in [0.25, 0.3) is 0 Å². The molecule has 0 aromatic heterocycles. The number of carbonyl (C=O) groups excluding carboxylic acids is 1. The van der Waals surface area contributed by atoms with Crippen molar-refractivity contribution in [1.29, 1.82) is 0 Å². The maximum Gasteiger partial charge on any atom is 0.199 e. The highest BCUT2D eigenvalue weighted by Crippen LogP contribution is 2.30. The fraction of sp³-hybridized carbons (Fsp3) is 0.188. The highest BCUT2D eigenvalue weighted by molar-refractivity contribution is 6.30. The Hall–Kier alpha value is -1.71. The molecule has 20 heavy (non-hydrogen) atoms. The standard InChI is InChI=1S/C16H12ClFO2/c17-11-5-6-13(14(18)9-11)15(19)16-12-4-2-1-3-10(12)7-8-20-16/h1-6,9,16H,7-8H2. The van der Waals surface area contributed by atoms with Crippen LogP contribution in [0.4, 0.5) is 4.39 Å². The lowest BCUT2D eigenvalue weighted by molar-refractivity contribution is 0.0345. The molecule has 102 valence electrons. The first-order chi connectivity index (χ1) is 9.66. The predicted molar refractivity (Wildman–Crippen MR) is 74.6 cm³/mol. The van der Waals surface area contributed by atoms with E-state index in [0.29, 0.717) is 6.61 Å². The van der Waals surface area contributed by atoms with E-state index in [1.807, 2.05) is 24.3 Å². The van der Waals surface area contributed by atoms with Crippen LogP contribution in [0.15, 0.2) is 42.5 Å². The molecule has 0 fully saturated rings.